The summed E-state index contributed by atoms with van der Waals surface area (Å²) in [6, 6.07) is 4.68. The molecule has 122 valence electrons. The van der Waals surface area contributed by atoms with Crippen molar-refractivity contribution in [1.82, 2.24) is 15.1 Å². The minimum absolute atomic E-state index is 0.140. The van der Waals surface area contributed by atoms with Crippen LogP contribution < -0.4 is 5.32 Å². The summed E-state index contributed by atoms with van der Waals surface area (Å²) in [7, 11) is 0. The molecule has 7 heteroatoms. The molecular weight excluding hydrogens is 301 g/mol. The van der Waals surface area contributed by atoms with Crippen LogP contribution in [0, 0.1) is 18.7 Å². The van der Waals surface area contributed by atoms with Crippen LogP contribution in [0.25, 0.3) is 5.69 Å². The highest BCUT2D eigenvalue weighted by atomic mass is 19.1. The fourth-order valence-electron chi connectivity index (χ4n) is 2.13. The van der Waals surface area contributed by atoms with Crippen LogP contribution in [0.4, 0.5) is 4.39 Å². The number of carboxylic acids is 1. The Morgan fingerprint density at radius 3 is 2.39 bits per heavy atom. The van der Waals surface area contributed by atoms with Crippen molar-refractivity contribution >= 4 is 11.9 Å². The highest BCUT2D eigenvalue weighted by Crippen LogP contribution is 2.13. The van der Waals surface area contributed by atoms with Gasteiger partial charge in [-0.2, -0.15) is 5.10 Å². The summed E-state index contributed by atoms with van der Waals surface area (Å²) < 4.78 is 14.4. The maximum atomic E-state index is 13.0. The molecule has 0 saturated heterocycles. The zero-order valence-electron chi connectivity index (χ0n) is 13.1. The van der Waals surface area contributed by atoms with Crippen molar-refractivity contribution in [2.75, 3.05) is 0 Å². The van der Waals surface area contributed by atoms with Crippen LogP contribution >= 0.6 is 0 Å². The molecule has 1 heterocycles. The lowest BCUT2D eigenvalue weighted by Crippen LogP contribution is -2.44. The van der Waals surface area contributed by atoms with Crippen molar-refractivity contribution < 1.29 is 19.1 Å². The summed E-state index contributed by atoms with van der Waals surface area (Å²) in [5.74, 6) is -2.26. The zero-order valence-corrected chi connectivity index (χ0v) is 13.1. The monoisotopic (exact) mass is 319 g/mol. The lowest BCUT2D eigenvalue weighted by Gasteiger charge is -2.17. The Balaban J connectivity index is 2.25. The standard InChI is InChI=1S/C16H18FN3O3/c1-9(2)13(16(22)23)18-15(21)14-10(3)8-20(19-14)12-6-4-11(17)5-7-12/h4-9,13H,1-3H3,(H,18,21)(H,22,23). The number of hydrogen-bond acceptors (Lipinski definition) is 3. The Hall–Kier alpha value is -2.70. The summed E-state index contributed by atoms with van der Waals surface area (Å²) in [5.41, 5.74) is 1.34. The smallest absolute Gasteiger partial charge is 0.326 e. The molecule has 0 aliphatic heterocycles. The third kappa shape index (κ3) is 3.74. The number of nitrogens with zero attached hydrogens (tertiary/aromatic N) is 2. The Labute approximate surface area is 132 Å². The average Bonchev–Trinajstić information content (AvgIpc) is 2.86. The Bertz CT molecular complexity index is 723. The van der Waals surface area contributed by atoms with Gasteiger partial charge in [0.15, 0.2) is 5.69 Å². The molecule has 1 aromatic carbocycles. The van der Waals surface area contributed by atoms with Gasteiger partial charge in [-0.3, -0.25) is 4.79 Å². The van der Waals surface area contributed by atoms with Crippen LogP contribution in [-0.4, -0.2) is 32.8 Å². The normalized spacial score (nSPS) is 12.2. The van der Waals surface area contributed by atoms with E-state index in [9.17, 15) is 14.0 Å². The van der Waals surface area contributed by atoms with Crippen molar-refractivity contribution in [3.63, 3.8) is 0 Å². The molecule has 1 atom stereocenters. The maximum Gasteiger partial charge on any atom is 0.326 e. The minimum atomic E-state index is -1.09. The van der Waals surface area contributed by atoms with Crippen LogP contribution in [0.15, 0.2) is 30.5 Å². The van der Waals surface area contributed by atoms with Crippen LogP contribution in [0.5, 0.6) is 0 Å². The highest BCUT2D eigenvalue weighted by molar-refractivity contribution is 5.96. The van der Waals surface area contributed by atoms with Gasteiger partial charge in [0.05, 0.1) is 5.69 Å². The molecule has 0 fully saturated rings. The molecule has 23 heavy (non-hydrogen) atoms. The van der Waals surface area contributed by atoms with Gasteiger partial charge in [-0.1, -0.05) is 13.8 Å². The van der Waals surface area contributed by atoms with E-state index in [1.807, 2.05) is 0 Å². The molecule has 0 saturated carbocycles. The lowest BCUT2D eigenvalue weighted by molar-refractivity contribution is -0.140. The summed E-state index contributed by atoms with van der Waals surface area (Å²) in [5, 5.41) is 15.8. The third-order valence-electron chi connectivity index (χ3n) is 3.42. The molecule has 1 unspecified atom stereocenters. The summed E-state index contributed by atoms with van der Waals surface area (Å²) >= 11 is 0. The van der Waals surface area contributed by atoms with E-state index in [1.165, 1.54) is 28.9 Å². The number of halogens is 1. The van der Waals surface area contributed by atoms with Crippen molar-refractivity contribution in [3.05, 3.63) is 47.5 Å². The van der Waals surface area contributed by atoms with Crippen LogP contribution in [0.2, 0.25) is 0 Å². The number of benzene rings is 1. The minimum Gasteiger partial charge on any atom is -0.480 e. The number of carbonyl (C=O) groups is 2. The Morgan fingerprint density at radius 2 is 1.87 bits per heavy atom. The quantitative estimate of drug-likeness (QED) is 0.884. The third-order valence-corrected chi connectivity index (χ3v) is 3.42. The Morgan fingerprint density at radius 1 is 1.26 bits per heavy atom. The van der Waals surface area contributed by atoms with E-state index in [1.54, 1.807) is 27.0 Å². The van der Waals surface area contributed by atoms with E-state index in [2.05, 4.69) is 10.4 Å². The second kappa shape index (κ2) is 6.60. The first kappa shape index (κ1) is 16.7. The molecule has 6 nitrogen and oxygen atoms in total. The highest BCUT2D eigenvalue weighted by Gasteiger charge is 2.26. The van der Waals surface area contributed by atoms with Crippen LogP contribution in [0.1, 0.15) is 29.9 Å². The molecule has 0 aliphatic carbocycles. The molecule has 2 N–H and O–H groups in total. The first-order valence-corrected chi connectivity index (χ1v) is 7.15. The molecule has 0 spiro atoms. The summed E-state index contributed by atoms with van der Waals surface area (Å²) in [4.78, 5) is 23.4. The molecule has 0 radical (unpaired) electrons. The van der Waals surface area contributed by atoms with E-state index >= 15 is 0 Å². The number of aryl methyl sites for hydroxylation is 1. The Kier molecular flexibility index (Phi) is 4.78. The molecule has 2 rings (SSSR count). The number of rotatable bonds is 5. The largest absolute Gasteiger partial charge is 0.480 e. The molecule has 1 amide bonds. The van der Waals surface area contributed by atoms with Gasteiger partial charge in [0.2, 0.25) is 0 Å². The van der Waals surface area contributed by atoms with Gasteiger partial charge in [0, 0.05) is 11.8 Å². The second-order valence-corrected chi connectivity index (χ2v) is 5.62. The van der Waals surface area contributed by atoms with E-state index in [4.69, 9.17) is 5.11 Å². The predicted octanol–water partition coefficient (Wildman–Crippen LogP) is 2.16. The SMILES string of the molecule is Cc1cn(-c2ccc(F)cc2)nc1C(=O)NC(C(=O)O)C(C)C. The van der Waals surface area contributed by atoms with E-state index in [-0.39, 0.29) is 17.4 Å². The van der Waals surface area contributed by atoms with Gasteiger partial charge in [0.1, 0.15) is 11.9 Å². The van der Waals surface area contributed by atoms with Crippen molar-refractivity contribution in [3.8, 4) is 5.69 Å². The van der Waals surface area contributed by atoms with Crippen LogP contribution in [0.3, 0.4) is 0 Å². The van der Waals surface area contributed by atoms with E-state index in [0.29, 0.717) is 11.3 Å². The van der Waals surface area contributed by atoms with Gasteiger partial charge in [0.25, 0.3) is 5.91 Å². The number of amides is 1. The van der Waals surface area contributed by atoms with Gasteiger partial charge >= 0.3 is 5.97 Å². The molecule has 0 bridgehead atoms. The van der Waals surface area contributed by atoms with Crippen LogP contribution in [-0.2, 0) is 4.79 Å². The van der Waals surface area contributed by atoms with Crippen molar-refractivity contribution in [1.29, 1.82) is 0 Å². The van der Waals surface area contributed by atoms with Gasteiger partial charge in [-0.15, -0.1) is 0 Å². The maximum absolute atomic E-state index is 13.0. The van der Waals surface area contributed by atoms with Gasteiger partial charge in [-0.05, 0) is 37.1 Å². The number of carboxylic acid groups (broad SMARTS) is 1. The van der Waals surface area contributed by atoms with Gasteiger partial charge in [-0.25, -0.2) is 13.9 Å². The zero-order chi connectivity index (χ0) is 17.1. The molecule has 2 aromatic rings. The first-order valence-electron chi connectivity index (χ1n) is 7.15. The van der Waals surface area contributed by atoms with E-state index in [0.717, 1.165) is 0 Å². The fourth-order valence-corrected chi connectivity index (χ4v) is 2.13. The number of nitrogens with one attached hydrogen (secondary N) is 1. The number of aromatic nitrogens is 2. The number of hydrogen-bond donors (Lipinski definition) is 2. The summed E-state index contributed by atoms with van der Waals surface area (Å²) in [6.45, 7) is 5.12. The molecule has 0 aliphatic rings. The summed E-state index contributed by atoms with van der Waals surface area (Å²) in [6.07, 6.45) is 1.63. The van der Waals surface area contributed by atoms with Crippen molar-refractivity contribution in [2.24, 2.45) is 5.92 Å². The average molecular weight is 319 g/mol. The lowest BCUT2D eigenvalue weighted by atomic mass is 10.0. The van der Waals surface area contributed by atoms with Crippen molar-refractivity contribution in [2.45, 2.75) is 26.8 Å². The van der Waals surface area contributed by atoms with Gasteiger partial charge < -0.3 is 10.4 Å². The number of carbonyl (C=O) groups excluding carboxylic acids is 1. The first-order chi connectivity index (χ1) is 10.8. The van der Waals surface area contributed by atoms with E-state index < -0.39 is 17.9 Å². The number of aliphatic carboxylic acids is 1. The second-order valence-electron chi connectivity index (χ2n) is 5.62. The fraction of sp³-hybridized carbons (Fsp3) is 0.312. The topological polar surface area (TPSA) is 84.2 Å². The predicted molar refractivity (Wildman–Crippen MR) is 82.0 cm³/mol. The molecule has 1 aromatic heterocycles. The molecular formula is C16H18FN3O3.